The van der Waals surface area contributed by atoms with Gasteiger partial charge in [0.15, 0.2) is 4.80 Å². The minimum atomic E-state index is -0.671. The molecule has 8 heteroatoms. The molecular formula is C33H35N3O4S. The Labute approximate surface area is 243 Å². The van der Waals surface area contributed by atoms with Gasteiger partial charge >= 0.3 is 5.97 Å². The van der Waals surface area contributed by atoms with Crippen LogP contribution in [-0.2, 0) is 9.53 Å². The first kappa shape index (κ1) is 28.4. The van der Waals surface area contributed by atoms with Gasteiger partial charge in [0.25, 0.3) is 5.56 Å². The summed E-state index contributed by atoms with van der Waals surface area (Å²) in [7, 11) is 0. The van der Waals surface area contributed by atoms with Crippen molar-refractivity contribution >= 4 is 23.4 Å². The summed E-state index contributed by atoms with van der Waals surface area (Å²) in [5, 5.41) is 0. The van der Waals surface area contributed by atoms with Crippen LogP contribution in [0, 0.1) is 20.8 Å². The summed E-state index contributed by atoms with van der Waals surface area (Å²) in [6.07, 6.45) is 1.62. The summed E-state index contributed by atoms with van der Waals surface area (Å²) < 4.78 is 15.6. The number of carbonyl (C=O) groups is 1. The molecule has 1 aliphatic heterocycles. The molecule has 0 N–H and O–H groups in total. The van der Waals surface area contributed by atoms with E-state index in [1.807, 2.05) is 57.2 Å². The third-order valence-corrected chi connectivity index (χ3v) is 8.09. The molecule has 1 atom stereocenters. The first-order chi connectivity index (χ1) is 19.6. The van der Waals surface area contributed by atoms with Crippen LogP contribution in [0.2, 0.25) is 0 Å². The highest BCUT2D eigenvalue weighted by Gasteiger charge is 2.33. The second-order valence-electron chi connectivity index (χ2n) is 10.5. The van der Waals surface area contributed by atoms with Crippen molar-refractivity contribution in [3.63, 3.8) is 0 Å². The van der Waals surface area contributed by atoms with Crippen molar-refractivity contribution in [3.05, 3.63) is 114 Å². The highest BCUT2D eigenvalue weighted by molar-refractivity contribution is 7.07. The quantitative estimate of drug-likeness (QED) is 0.283. The largest absolute Gasteiger partial charge is 0.494 e. The van der Waals surface area contributed by atoms with Crippen LogP contribution >= 0.6 is 11.3 Å². The van der Waals surface area contributed by atoms with E-state index in [1.165, 1.54) is 16.9 Å². The number of allylic oxidation sites excluding steroid dienone is 1. The van der Waals surface area contributed by atoms with Crippen molar-refractivity contribution in [2.24, 2.45) is 4.99 Å². The van der Waals surface area contributed by atoms with Crippen LogP contribution in [0.25, 0.3) is 11.8 Å². The van der Waals surface area contributed by atoms with Crippen molar-refractivity contribution in [2.75, 3.05) is 6.61 Å². The van der Waals surface area contributed by atoms with E-state index in [4.69, 9.17) is 14.5 Å². The number of ether oxygens (including phenoxy) is 2. The number of nitrogens with zero attached hydrogens (tertiary/aromatic N) is 3. The molecule has 7 nitrogen and oxygen atoms in total. The number of fused-ring (bicyclic) bond motifs is 1. The first-order valence-electron chi connectivity index (χ1n) is 13.8. The van der Waals surface area contributed by atoms with Gasteiger partial charge in [-0.05, 0) is 102 Å². The molecule has 41 heavy (non-hydrogen) atoms. The molecule has 0 saturated heterocycles. The van der Waals surface area contributed by atoms with Crippen LogP contribution < -0.4 is 19.6 Å². The standard InChI is InChI=1S/C33H35N3O4S/c1-8-39-27-14-12-24(13-15-27)30-29(32(38)40-19(2)3)22(6)34-33-36(30)31(37)28(41-33)18-25-17-21(5)35(23(25)7)26-11-9-10-20(4)16-26/h9-19,30H,8H2,1-7H3/b28-18-/t30-/m1/s1. The molecule has 0 spiro atoms. The molecule has 0 aliphatic carbocycles. The zero-order valence-corrected chi connectivity index (χ0v) is 25.3. The number of hydrogen-bond donors (Lipinski definition) is 0. The van der Waals surface area contributed by atoms with E-state index in [1.54, 1.807) is 11.5 Å². The highest BCUT2D eigenvalue weighted by Crippen LogP contribution is 2.32. The number of aryl methyl sites for hydroxylation is 2. The van der Waals surface area contributed by atoms with Gasteiger partial charge in [-0.1, -0.05) is 35.6 Å². The van der Waals surface area contributed by atoms with Gasteiger partial charge in [-0.25, -0.2) is 9.79 Å². The SMILES string of the molecule is CCOc1ccc([C@@H]2C(C(=O)OC(C)C)=C(C)N=c3s/c(=C\c4cc(C)n(-c5cccc(C)c5)c4C)c(=O)n32)cc1. The molecule has 3 heterocycles. The van der Waals surface area contributed by atoms with Crippen LogP contribution in [0.1, 0.15) is 61.8 Å². The number of hydrogen-bond acceptors (Lipinski definition) is 6. The van der Waals surface area contributed by atoms with Gasteiger partial charge in [0.2, 0.25) is 0 Å². The second kappa shape index (κ2) is 11.4. The van der Waals surface area contributed by atoms with E-state index in [-0.39, 0.29) is 11.7 Å². The molecule has 0 saturated carbocycles. The van der Waals surface area contributed by atoms with Gasteiger partial charge < -0.3 is 14.0 Å². The number of thiazole rings is 1. The lowest BCUT2D eigenvalue weighted by Gasteiger charge is -2.25. The maximum absolute atomic E-state index is 14.1. The van der Waals surface area contributed by atoms with Gasteiger partial charge in [-0.3, -0.25) is 9.36 Å². The minimum Gasteiger partial charge on any atom is -0.494 e. The zero-order chi connectivity index (χ0) is 29.4. The molecule has 4 aromatic rings. The van der Waals surface area contributed by atoms with Crippen molar-refractivity contribution in [1.82, 2.24) is 9.13 Å². The van der Waals surface area contributed by atoms with Gasteiger partial charge in [0.1, 0.15) is 5.75 Å². The molecule has 2 aromatic heterocycles. The normalized spacial score (nSPS) is 15.2. The van der Waals surface area contributed by atoms with Crippen molar-refractivity contribution in [1.29, 1.82) is 0 Å². The fraction of sp³-hybridized carbons (Fsp3) is 0.303. The van der Waals surface area contributed by atoms with E-state index in [0.717, 1.165) is 34.0 Å². The Bertz CT molecular complexity index is 1840. The van der Waals surface area contributed by atoms with Crippen molar-refractivity contribution in [2.45, 2.75) is 60.6 Å². The number of benzene rings is 2. The Balaban J connectivity index is 1.67. The highest BCUT2D eigenvalue weighted by atomic mass is 32.1. The van der Waals surface area contributed by atoms with Gasteiger partial charge in [0.05, 0.1) is 34.6 Å². The summed E-state index contributed by atoms with van der Waals surface area (Å²) >= 11 is 1.33. The van der Waals surface area contributed by atoms with Gasteiger partial charge in [-0.2, -0.15) is 0 Å². The monoisotopic (exact) mass is 569 g/mol. The molecule has 5 rings (SSSR count). The Morgan fingerprint density at radius 3 is 2.46 bits per heavy atom. The Kier molecular flexibility index (Phi) is 7.87. The topological polar surface area (TPSA) is 74.8 Å². The third-order valence-electron chi connectivity index (χ3n) is 7.11. The minimum absolute atomic E-state index is 0.199. The zero-order valence-electron chi connectivity index (χ0n) is 24.5. The molecular weight excluding hydrogens is 534 g/mol. The fourth-order valence-corrected chi connectivity index (χ4v) is 6.37. The van der Waals surface area contributed by atoms with Crippen LogP contribution in [0.4, 0.5) is 0 Å². The number of aromatic nitrogens is 2. The summed E-state index contributed by atoms with van der Waals surface area (Å²) in [6.45, 7) is 14.1. The number of esters is 1. The predicted octanol–water partition coefficient (Wildman–Crippen LogP) is 5.30. The van der Waals surface area contributed by atoms with Crippen molar-refractivity contribution in [3.8, 4) is 11.4 Å². The van der Waals surface area contributed by atoms with E-state index >= 15 is 0 Å². The molecule has 0 bridgehead atoms. The predicted molar refractivity (Wildman–Crippen MR) is 163 cm³/mol. The average Bonchev–Trinajstić information content (AvgIpc) is 3.37. The number of carbonyl (C=O) groups excluding carboxylic acids is 1. The lowest BCUT2D eigenvalue weighted by Crippen LogP contribution is -2.40. The Hall–Kier alpha value is -4.17. The fourth-order valence-electron chi connectivity index (χ4n) is 5.33. The van der Waals surface area contributed by atoms with Crippen LogP contribution in [0.3, 0.4) is 0 Å². The van der Waals surface area contributed by atoms with Crippen molar-refractivity contribution < 1.29 is 14.3 Å². The van der Waals surface area contributed by atoms with Crippen LogP contribution in [0.5, 0.6) is 5.75 Å². The van der Waals surface area contributed by atoms with Gasteiger partial charge in [-0.15, -0.1) is 0 Å². The van der Waals surface area contributed by atoms with Crippen LogP contribution in [0.15, 0.2) is 75.7 Å². The van der Waals surface area contributed by atoms with E-state index in [0.29, 0.717) is 27.2 Å². The molecule has 212 valence electrons. The number of rotatable bonds is 7. The lowest BCUT2D eigenvalue weighted by molar-refractivity contribution is -0.143. The molecule has 0 fully saturated rings. The van der Waals surface area contributed by atoms with E-state index in [2.05, 4.69) is 49.6 Å². The average molecular weight is 570 g/mol. The maximum atomic E-state index is 14.1. The molecule has 0 amide bonds. The summed E-state index contributed by atoms with van der Waals surface area (Å²) in [5.41, 5.74) is 6.83. The maximum Gasteiger partial charge on any atom is 0.338 e. The molecule has 0 unspecified atom stereocenters. The van der Waals surface area contributed by atoms with Crippen LogP contribution in [-0.4, -0.2) is 27.8 Å². The van der Waals surface area contributed by atoms with Gasteiger partial charge in [0, 0.05) is 17.1 Å². The first-order valence-corrected chi connectivity index (χ1v) is 14.6. The summed E-state index contributed by atoms with van der Waals surface area (Å²) in [6, 6.07) is 17.3. The lowest BCUT2D eigenvalue weighted by atomic mass is 9.96. The molecule has 1 aliphatic rings. The summed E-state index contributed by atoms with van der Waals surface area (Å²) in [4.78, 5) is 32.7. The van der Waals surface area contributed by atoms with E-state index in [9.17, 15) is 9.59 Å². The Morgan fingerprint density at radius 1 is 1.07 bits per heavy atom. The smallest absolute Gasteiger partial charge is 0.338 e. The molecule has 0 radical (unpaired) electrons. The second-order valence-corrected chi connectivity index (χ2v) is 11.5. The Morgan fingerprint density at radius 2 is 1.80 bits per heavy atom. The summed E-state index contributed by atoms with van der Waals surface area (Å²) in [5.74, 6) is 0.246. The van der Waals surface area contributed by atoms with E-state index < -0.39 is 12.0 Å². The molecule has 2 aromatic carbocycles. The third kappa shape index (κ3) is 5.44.